The standard InChI is InChI=1S/C26H20Cl2N2O6S/c1-2-11-35-25(33)19-12-17(7-9-20(19)28)29-23(31)14-30-24(32)22(37-26(30)34)13-18-8-10-21(36-18)15-3-5-16(27)6-4-15/h3-10,12-13H,2,11,14H2,1H3,(H,29,31)/b22-13+. The minimum absolute atomic E-state index is 0.0958. The van der Waals surface area contributed by atoms with Gasteiger partial charge in [-0.2, -0.15) is 0 Å². The van der Waals surface area contributed by atoms with Gasteiger partial charge in [0.05, 0.1) is 22.1 Å². The molecule has 8 nitrogen and oxygen atoms in total. The lowest BCUT2D eigenvalue weighted by molar-refractivity contribution is -0.127. The lowest BCUT2D eigenvalue weighted by Gasteiger charge is -2.13. The van der Waals surface area contributed by atoms with Crippen LogP contribution in [0.2, 0.25) is 10.0 Å². The fourth-order valence-electron chi connectivity index (χ4n) is 3.34. The number of anilines is 1. The van der Waals surface area contributed by atoms with Crippen molar-refractivity contribution in [1.82, 2.24) is 4.90 Å². The second kappa shape index (κ2) is 11.7. The molecule has 1 saturated heterocycles. The number of nitrogens with one attached hydrogen (secondary N) is 1. The topological polar surface area (TPSA) is 106 Å². The number of halogens is 2. The Morgan fingerprint density at radius 2 is 1.84 bits per heavy atom. The molecule has 1 aliphatic rings. The van der Waals surface area contributed by atoms with Gasteiger partial charge in [0.1, 0.15) is 18.1 Å². The molecule has 0 saturated carbocycles. The number of hydrogen-bond acceptors (Lipinski definition) is 7. The summed E-state index contributed by atoms with van der Waals surface area (Å²) in [5.74, 6) is -0.904. The summed E-state index contributed by atoms with van der Waals surface area (Å²) in [6.07, 6.45) is 2.10. The molecule has 0 bridgehead atoms. The van der Waals surface area contributed by atoms with Crippen LogP contribution in [0.15, 0.2) is 63.9 Å². The number of benzene rings is 2. The molecule has 0 aliphatic carbocycles. The molecule has 3 aromatic rings. The summed E-state index contributed by atoms with van der Waals surface area (Å²) in [5.41, 5.74) is 1.17. The van der Waals surface area contributed by atoms with Crippen LogP contribution in [0.5, 0.6) is 0 Å². The SMILES string of the molecule is CCCOC(=O)c1cc(NC(=O)CN2C(=O)S/C(=C/c3ccc(-c4ccc(Cl)cc4)o3)C2=O)ccc1Cl. The van der Waals surface area contributed by atoms with Gasteiger partial charge in [0.15, 0.2) is 0 Å². The van der Waals surface area contributed by atoms with Crippen LogP contribution >= 0.6 is 35.0 Å². The Labute approximate surface area is 226 Å². The van der Waals surface area contributed by atoms with E-state index in [9.17, 15) is 19.2 Å². The van der Waals surface area contributed by atoms with Crippen LogP contribution in [0.4, 0.5) is 10.5 Å². The highest BCUT2D eigenvalue weighted by Crippen LogP contribution is 2.33. The number of rotatable bonds is 8. The van der Waals surface area contributed by atoms with Gasteiger partial charge < -0.3 is 14.5 Å². The normalized spacial score (nSPS) is 14.4. The zero-order chi connectivity index (χ0) is 26.5. The lowest BCUT2D eigenvalue weighted by atomic mass is 10.2. The first-order chi connectivity index (χ1) is 17.7. The molecule has 1 aromatic heterocycles. The third-order valence-corrected chi connectivity index (χ3v) is 6.60. The summed E-state index contributed by atoms with van der Waals surface area (Å²) in [6.45, 7) is 1.59. The van der Waals surface area contributed by atoms with E-state index < -0.39 is 29.6 Å². The molecule has 2 aromatic carbocycles. The van der Waals surface area contributed by atoms with E-state index in [0.29, 0.717) is 34.7 Å². The zero-order valence-electron chi connectivity index (χ0n) is 19.5. The third kappa shape index (κ3) is 6.43. The van der Waals surface area contributed by atoms with Crippen LogP contribution in [-0.2, 0) is 14.3 Å². The molecule has 37 heavy (non-hydrogen) atoms. The van der Waals surface area contributed by atoms with Gasteiger partial charge in [0.2, 0.25) is 5.91 Å². The number of amides is 3. The first-order valence-electron chi connectivity index (χ1n) is 11.1. The van der Waals surface area contributed by atoms with Crippen molar-refractivity contribution in [1.29, 1.82) is 0 Å². The van der Waals surface area contributed by atoms with Crippen molar-refractivity contribution in [2.45, 2.75) is 13.3 Å². The average molecular weight is 559 g/mol. The van der Waals surface area contributed by atoms with Crippen molar-refractivity contribution in [3.8, 4) is 11.3 Å². The second-order valence-corrected chi connectivity index (χ2v) is 9.69. The summed E-state index contributed by atoms with van der Waals surface area (Å²) >= 11 is 12.7. The average Bonchev–Trinajstić information content (AvgIpc) is 3.44. The zero-order valence-corrected chi connectivity index (χ0v) is 21.8. The number of nitrogens with zero attached hydrogens (tertiary/aromatic N) is 1. The Hall–Kier alpha value is -3.53. The van der Waals surface area contributed by atoms with E-state index in [1.165, 1.54) is 24.3 Å². The van der Waals surface area contributed by atoms with Gasteiger partial charge >= 0.3 is 5.97 Å². The van der Waals surface area contributed by atoms with Gasteiger partial charge in [0, 0.05) is 22.3 Å². The Morgan fingerprint density at radius 3 is 2.57 bits per heavy atom. The van der Waals surface area contributed by atoms with Crippen molar-refractivity contribution in [3.63, 3.8) is 0 Å². The molecule has 190 valence electrons. The van der Waals surface area contributed by atoms with E-state index in [2.05, 4.69) is 5.32 Å². The maximum atomic E-state index is 12.8. The Bertz CT molecular complexity index is 1400. The number of imide groups is 1. The van der Waals surface area contributed by atoms with Crippen molar-refractivity contribution in [3.05, 3.63) is 80.9 Å². The van der Waals surface area contributed by atoms with E-state index in [1.807, 2.05) is 6.92 Å². The minimum Gasteiger partial charge on any atom is -0.462 e. The van der Waals surface area contributed by atoms with Crippen molar-refractivity contribution < 1.29 is 28.3 Å². The predicted molar refractivity (Wildman–Crippen MR) is 142 cm³/mol. The van der Waals surface area contributed by atoms with E-state index in [0.717, 1.165) is 10.5 Å². The molecule has 1 fully saturated rings. The summed E-state index contributed by atoms with van der Waals surface area (Å²) in [4.78, 5) is 51.0. The first-order valence-corrected chi connectivity index (χ1v) is 12.7. The van der Waals surface area contributed by atoms with Crippen LogP contribution in [0.3, 0.4) is 0 Å². The van der Waals surface area contributed by atoms with Crippen LogP contribution in [0.25, 0.3) is 17.4 Å². The van der Waals surface area contributed by atoms with E-state index in [-0.39, 0.29) is 27.8 Å². The minimum atomic E-state index is -0.623. The molecular formula is C26H20Cl2N2O6S. The predicted octanol–water partition coefficient (Wildman–Crippen LogP) is 6.50. The van der Waals surface area contributed by atoms with Crippen LogP contribution < -0.4 is 5.32 Å². The van der Waals surface area contributed by atoms with Gasteiger partial charge in [-0.15, -0.1) is 0 Å². The van der Waals surface area contributed by atoms with Gasteiger partial charge in [0.25, 0.3) is 11.1 Å². The van der Waals surface area contributed by atoms with Crippen molar-refractivity contribution in [2.75, 3.05) is 18.5 Å². The third-order valence-electron chi connectivity index (χ3n) is 5.11. The number of ether oxygens (including phenoxy) is 1. The fourth-order valence-corrected chi connectivity index (χ4v) is 4.48. The molecule has 0 unspecified atom stereocenters. The molecule has 0 atom stereocenters. The Balaban J connectivity index is 1.41. The van der Waals surface area contributed by atoms with E-state index >= 15 is 0 Å². The highest BCUT2D eigenvalue weighted by atomic mass is 35.5. The van der Waals surface area contributed by atoms with Crippen LogP contribution in [0.1, 0.15) is 29.5 Å². The molecule has 3 amide bonds. The van der Waals surface area contributed by atoms with Gasteiger partial charge in [-0.3, -0.25) is 19.3 Å². The largest absolute Gasteiger partial charge is 0.462 e. The number of furan rings is 1. The van der Waals surface area contributed by atoms with Gasteiger partial charge in [-0.1, -0.05) is 30.1 Å². The number of carbonyl (C=O) groups is 4. The summed E-state index contributed by atoms with van der Waals surface area (Å²) < 4.78 is 10.9. The Morgan fingerprint density at radius 1 is 1.08 bits per heavy atom. The Kier molecular flexibility index (Phi) is 8.38. The molecule has 4 rings (SSSR count). The second-order valence-electron chi connectivity index (χ2n) is 7.86. The van der Waals surface area contributed by atoms with Crippen LogP contribution in [-0.4, -0.2) is 41.1 Å². The highest BCUT2D eigenvalue weighted by molar-refractivity contribution is 8.18. The van der Waals surface area contributed by atoms with Gasteiger partial charge in [-0.05, 0) is 72.8 Å². The molecular weight excluding hydrogens is 539 g/mol. The van der Waals surface area contributed by atoms with Gasteiger partial charge in [-0.25, -0.2) is 4.79 Å². The summed E-state index contributed by atoms with van der Waals surface area (Å²) in [5, 5.41) is 2.75. The fraction of sp³-hybridized carbons (Fsp3) is 0.154. The first kappa shape index (κ1) is 26.5. The molecule has 0 radical (unpaired) electrons. The highest BCUT2D eigenvalue weighted by Gasteiger charge is 2.36. The van der Waals surface area contributed by atoms with E-state index in [4.69, 9.17) is 32.4 Å². The van der Waals surface area contributed by atoms with E-state index in [1.54, 1.807) is 36.4 Å². The van der Waals surface area contributed by atoms with Crippen molar-refractivity contribution >= 4 is 69.8 Å². The molecule has 1 aliphatic heterocycles. The smallest absolute Gasteiger partial charge is 0.339 e. The maximum Gasteiger partial charge on any atom is 0.339 e. The summed E-state index contributed by atoms with van der Waals surface area (Å²) in [7, 11) is 0. The lowest BCUT2D eigenvalue weighted by Crippen LogP contribution is -2.36. The van der Waals surface area contributed by atoms with Crippen LogP contribution in [0, 0.1) is 0 Å². The number of esters is 1. The quantitative estimate of drug-likeness (QED) is 0.248. The number of carbonyl (C=O) groups excluding carboxylic acids is 4. The van der Waals surface area contributed by atoms with Crippen molar-refractivity contribution in [2.24, 2.45) is 0 Å². The molecule has 11 heteroatoms. The maximum absolute atomic E-state index is 12.8. The molecule has 2 heterocycles. The monoisotopic (exact) mass is 558 g/mol. The summed E-state index contributed by atoms with van der Waals surface area (Å²) in [6, 6.07) is 14.8. The number of thioether (sulfide) groups is 1. The number of hydrogen-bond donors (Lipinski definition) is 1. The molecule has 1 N–H and O–H groups in total. The molecule has 0 spiro atoms.